The van der Waals surface area contributed by atoms with Crippen molar-refractivity contribution < 1.29 is 4.79 Å². The first kappa shape index (κ1) is 16.8. The minimum atomic E-state index is -0.239. The second-order valence-corrected chi connectivity index (χ2v) is 5.98. The smallest absolute Gasteiger partial charge is 0.335 e. The first-order chi connectivity index (χ1) is 12.1. The van der Waals surface area contributed by atoms with Crippen molar-refractivity contribution in [2.75, 3.05) is 5.32 Å². The van der Waals surface area contributed by atoms with Gasteiger partial charge in [-0.1, -0.05) is 25.1 Å². The minimum Gasteiger partial charge on any atom is -0.335 e. The third-order valence-corrected chi connectivity index (χ3v) is 4.00. The average Bonchev–Trinajstić information content (AvgIpc) is 2.91. The Morgan fingerprint density at radius 2 is 2.08 bits per heavy atom. The van der Waals surface area contributed by atoms with Crippen LogP contribution in [0.3, 0.4) is 0 Å². The fourth-order valence-corrected chi connectivity index (χ4v) is 2.48. The summed E-state index contributed by atoms with van der Waals surface area (Å²) in [6, 6.07) is 12.7. The molecule has 1 unspecified atom stereocenters. The van der Waals surface area contributed by atoms with Gasteiger partial charge in [0.25, 0.3) is 0 Å². The lowest BCUT2D eigenvalue weighted by atomic mass is 10.2. The summed E-state index contributed by atoms with van der Waals surface area (Å²) in [5.74, 6) is 0. The Hall–Kier alpha value is -3.09. The van der Waals surface area contributed by atoms with E-state index in [9.17, 15) is 9.59 Å². The van der Waals surface area contributed by atoms with Gasteiger partial charge in [-0.25, -0.2) is 14.3 Å². The minimum absolute atomic E-state index is 0.111. The largest absolute Gasteiger partial charge is 0.350 e. The number of nitrogens with one attached hydrogen (secondary N) is 2. The highest BCUT2D eigenvalue weighted by Gasteiger charge is 2.08. The Kier molecular flexibility index (Phi) is 4.83. The van der Waals surface area contributed by atoms with Gasteiger partial charge < -0.3 is 10.6 Å². The Labute approximate surface area is 145 Å². The summed E-state index contributed by atoms with van der Waals surface area (Å²) in [5, 5.41) is 9.98. The van der Waals surface area contributed by atoms with E-state index in [1.165, 1.54) is 9.08 Å². The molecule has 2 heterocycles. The molecule has 0 fully saturated rings. The number of fused-ring (bicyclic) bond motifs is 1. The van der Waals surface area contributed by atoms with Crippen molar-refractivity contribution in [1.29, 1.82) is 0 Å². The monoisotopic (exact) mass is 339 g/mol. The Morgan fingerprint density at radius 3 is 2.84 bits per heavy atom. The van der Waals surface area contributed by atoms with Crippen molar-refractivity contribution >= 4 is 17.4 Å². The highest BCUT2D eigenvalue weighted by Crippen LogP contribution is 2.11. The summed E-state index contributed by atoms with van der Waals surface area (Å²) < 4.78 is 2.91. The van der Waals surface area contributed by atoms with Crippen LogP contribution in [-0.4, -0.2) is 26.3 Å². The van der Waals surface area contributed by atoms with Crippen molar-refractivity contribution in [3.63, 3.8) is 0 Å². The molecular formula is C18H21N5O2. The molecule has 0 aliphatic rings. The fraction of sp³-hybridized carbons (Fsp3) is 0.278. The predicted octanol–water partition coefficient (Wildman–Crippen LogP) is 2.46. The second kappa shape index (κ2) is 7.21. The van der Waals surface area contributed by atoms with Crippen LogP contribution in [0.15, 0.2) is 53.5 Å². The predicted molar refractivity (Wildman–Crippen MR) is 96.9 cm³/mol. The first-order valence-electron chi connectivity index (χ1n) is 8.27. The topological polar surface area (TPSA) is 80.4 Å². The number of carbonyl (C=O) groups is 1. The van der Waals surface area contributed by atoms with Crippen molar-refractivity contribution in [2.24, 2.45) is 0 Å². The summed E-state index contributed by atoms with van der Waals surface area (Å²) >= 11 is 0. The Balaban J connectivity index is 1.76. The normalized spacial score (nSPS) is 12.1. The lowest BCUT2D eigenvalue weighted by Crippen LogP contribution is -2.35. The van der Waals surface area contributed by atoms with Crippen molar-refractivity contribution in [1.82, 2.24) is 19.5 Å². The number of nitrogens with zero attached hydrogens (tertiary/aromatic N) is 3. The van der Waals surface area contributed by atoms with E-state index in [2.05, 4.69) is 15.7 Å². The van der Waals surface area contributed by atoms with Gasteiger partial charge in [0.15, 0.2) is 5.65 Å². The van der Waals surface area contributed by atoms with Gasteiger partial charge in [0.1, 0.15) is 0 Å². The molecule has 2 aromatic heterocycles. The van der Waals surface area contributed by atoms with Crippen LogP contribution in [0.2, 0.25) is 0 Å². The van der Waals surface area contributed by atoms with E-state index in [1.54, 1.807) is 18.3 Å². The van der Waals surface area contributed by atoms with E-state index < -0.39 is 0 Å². The second-order valence-electron chi connectivity index (χ2n) is 5.98. The van der Waals surface area contributed by atoms with Gasteiger partial charge >= 0.3 is 11.7 Å². The number of rotatable bonds is 5. The molecule has 3 aromatic rings. The van der Waals surface area contributed by atoms with Crippen molar-refractivity contribution in [3.05, 3.63) is 64.7 Å². The first-order valence-corrected chi connectivity index (χ1v) is 8.27. The van der Waals surface area contributed by atoms with Gasteiger partial charge in [0.2, 0.25) is 0 Å². The molecule has 0 saturated heterocycles. The quantitative estimate of drug-likeness (QED) is 0.749. The summed E-state index contributed by atoms with van der Waals surface area (Å²) in [4.78, 5) is 24.3. The van der Waals surface area contributed by atoms with E-state index in [4.69, 9.17) is 0 Å². The summed E-state index contributed by atoms with van der Waals surface area (Å²) in [6.45, 7) is 4.30. The maximum atomic E-state index is 12.3. The lowest BCUT2D eigenvalue weighted by molar-refractivity contribution is 0.249. The van der Waals surface area contributed by atoms with Crippen molar-refractivity contribution in [2.45, 2.75) is 32.9 Å². The molecule has 0 aliphatic carbocycles. The molecule has 2 N–H and O–H groups in total. The van der Waals surface area contributed by atoms with Crippen LogP contribution in [0.25, 0.3) is 5.65 Å². The molecule has 1 aromatic carbocycles. The Morgan fingerprint density at radius 1 is 1.24 bits per heavy atom. The van der Waals surface area contributed by atoms with Crippen molar-refractivity contribution in [3.8, 4) is 0 Å². The van der Waals surface area contributed by atoms with Crippen LogP contribution in [0.5, 0.6) is 0 Å². The molecule has 1 atom stereocenters. The van der Waals surface area contributed by atoms with Crippen LogP contribution < -0.4 is 16.3 Å². The average molecular weight is 339 g/mol. The van der Waals surface area contributed by atoms with E-state index in [-0.39, 0.29) is 17.8 Å². The number of amides is 2. The summed E-state index contributed by atoms with van der Waals surface area (Å²) in [7, 11) is 0. The van der Waals surface area contributed by atoms with Crippen LogP contribution in [0, 0.1) is 0 Å². The molecule has 130 valence electrons. The SMILES string of the molecule is CCC(C)NC(=O)Nc1cccc(Cn2nc3ccccn3c2=O)c1. The number of carbonyl (C=O) groups excluding carboxylic acids is 1. The fourth-order valence-electron chi connectivity index (χ4n) is 2.48. The molecule has 25 heavy (non-hydrogen) atoms. The Bertz CT molecular complexity index is 944. The number of anilines is 1. The number of urea groups is 1. The third kappa shape index (κ3) is 3.88. The molecule has 7 nitrogen and oxygen atoms in total. The van der Waals surface area contributed by atoms with Crippen LogP contribution in [0.4, 0.5) is 10.5 Å². The van der Waals surface area contributed by atoms with Gasteiger partial charge in [-0.05, 0) is 43.2 Å². The van der Waals surface area contributed by atoms with Gasteiger partial charge in [-0.3, -0.25) is 4.40 Å². The summed E-state index contributed by atoms with van der Waals surface area (Å²) in [5.41, 5.74) is 1.97. The van der Waals surface area contributed by atoms with E-state index in [0.717, 1.165) is 12.0 Å². The third-order valence-electron chi connectivity index (χ3n) is 4.00. The highest BCUT2D eigenvalue weighted by molar-refractivity contribution is 5.89. The zero-order valence-electron chi connectivity index (χ0n) is 14.3. The number of aromatic nitrogens is 3. The van der Waals surface area contributed by atoms with Crippen LogP contribution in [0.1, 0.15) is 25.8 Å². The molecule has 3 rings (SSSR count). The maximum absolute atomic E-state index is 12.3. The van der Waals surface area contributed by atoms with Gasteiger partial charge in [0, 0.05) is 17.9 Å². The molecule has 2 amide bonds. The molecule has 0 radical (unpaired) electrons. The number of hydrogen-bond donors (Lipinski definition) is 2. The molecular weight excluding hydrogens is 318 g/mol. The highest BCUT2D eigenvalue weighted by atomic mass is 16.2. The zero-order valence-corrected chi connectivity index (χ0v) is 14.3. The molecule has 0 bridgehead atoms. The van der Waals surface area contributed by atoms with E-state index in [1.807, 2.05) is 44.2 Å². The molecule has 0 aliphatic heterocycles. The standard InChI is InChI=1S/C18H21N5O2/c1-3-13(2)19-17(24)20-15-8-6-7-14(11-15)12-23-18(25)22-10-5-4-9-16(22)21-23/h4-11,13H,3,12H2,1-2H3,(H2,19,20,24). The molecule has 7 heteroatoms. The number of hydrogen-bond acceptors (Lipinski definition) is 3. The van der Waals surface area contributed by atoms with Crippen LogP contribution in [-0.2, 0) is 6.54 Å². The lowest BCUT2D eigenvalue weighted by Gasteiger charge is -2.13. The van der Waals surface area contributed by atoms with Gasteiger partial charge in [-0.2, -0.15) is 0 Å². The number of benzene rings is 1. The maximum Gasteiger partial charge on any atom is 0.350 e. The van der Waals surface area contributed by atoms with Gasteiger partial charge in [0.05, 0.1) is 6.54 Å². The van der Waals surface area contributed by atoms with Gasteiger partial charge in [-0.15, -0.1) is 5.10 Å². The summed E-state index contributed by atoms with van der Waals surface area (Å²) in [6.07, 6.45) is 2.56. The number of pyridine rings is 1. The molecule has 0 saturated carbocycles. The zero-order chi connectivity index (χ0) is 17.8. The van der Waals surface area contributed by atoms with E-state index >= 15 is 0 Å². The van der Waals surface area contributed by atoms with E-state index in [0.29, 0.717) is 17.9 Å². The molecule has 0 spiro atoms. The van der Waals surface area contributed by atoms with Crippen LogP contribution >= 0.6 is 0 Å².